The van der Waals surface area contributed by atoms with Crippen LogP contribution < -0.4 is 0 Å². The predicted octanol–water partition coefficient (Wildman–Crippen LogP) is 0.644. The van der Waals surface area contributed by atoms with Crippen molar-refractivity contribution in [1.82, 2.24) is 9.21 Å². The van der Waals surface area contributed by atoms with Crippen molar-refractivity contribution in [3.05, 3.63) is 29.8 Å². The van der Waals surface area contributed by atoms with Crippen molar-refractivity contribution >= 4 is 21.9 Å². The van der Waals surface area contributed by atoms with Gasteiger partial charge < -0.3 is 14.7 Å². The fraction of sp³-hybridized carbons (Fsp3) is 0.500. The number of carboxylic acid groups (broad SMARTS) is 1. The average Bonchev–Trinajstić information content (AvgIpc) is 2.61. The van der Waals surface area contributed by atoms with E-state index in [9.17, 15) is 18.0 Å². The van der Waals surface area contributed by atoms with Crippen LogP contribution >= 0.6 is 0 Å². The number of ether oxygens (including phenoxy) is 1. The molecule has 1 N–H and O–H groups in total. The van der Waals surface area contributed by atoms with Crippen LogP contribution in [0.4, 0.5) is 0 Å². The minimum Gasteiger partial charge on any atom is -0.480 e. The van der Waals surface area contributed by atoms with Crippen molar-refractivity contribution in [2.75, 3.05) is 39.4 Å². The maximum atomic E-state index is 12.7. The molecule has 0 aliphatic carbocycles. The maximum Gasteiger partial charge on any atom is 0.323 e. The summed E-state index contributed by atoms with van der Waals surface area (Å²) in [4.78, 5) is 24.7. The monoisotopic (exact) mass is 370 g/mol. The van der Waals surface area contributed by atoms with Gasteiger partial charge in [0.2, 0.25) is 10.0 Å². The van der Waals surface area contributed by atoms with E-state index in [-0.39, 0.29) is 30.1 Å². The van der Waals surface area contributed by atoms with E-state index in [2.05, 4.69) is 0 Å². The van der Waals surface area contributed by atoms with Crippen LogP contribution in [0.25, 0.3) is 0 Å². The third kappa shape index (κ3) is 4.77. The van der Waals surface area contributed by atoms with Gasteiger partial charge in [0.25, 0.3) is 5.91 Å². The third-order valence-electron chi connectivity index (χ3n) is 3.80. The Balaban J connectivity index is 2.27. The summed E-state index contributed by atoms with van der Waals surface area (Å²) in [6.45, 7) is 2.89. The molecule has 1 amide bonds. The highest BCUT2D eigenvalue weighted by Gasteiger charge is 2.27. The minimum absolute atomic E-state index is 0.0204. The Morgan fingerprint density at radius 2 is 1.96 bits per heavy atom. The molecule has 9 heteroatoms. The molecule has 0 saturated carbocycles. The molecule has 1 aromatic carbocycles. The molecule has 0 radical (unpaired) electrons. The molecule has 1 aromatic rings. The third-order valence-corrected chi connectivity index (χ3v) is 5.69. The van der Waals surface area contributed by atoms with Gasteiger partial charge in [-0.15, -0.1) is 0 Å². The smallest absolute Gasteiger partial charge is 0.323 e. The van der Waals surface area contributed by atoms with Crippen LogP contribution in [0, 0.1) is 0 Å². The van der Waals surface area contributed by atoms with Gasteiger partial charge in [-0.3, -0.25) is 9.59 Å². The normalized spacial score (nSPS) is 15.7. The number of carbonyl (C=O) groups is 2. The fourth-order valence-corrected chi connectivity index (χ4v) is 4.05. The summed E-state index contributed by atoms with van der Waals surface area (Å²) in [6.07, 6.45) is 0.602. The molecule has 1 aliphatic heterocycles. The summed E-state index contributed by atoms with van der Waals surface area (Å²) in [6, 6.07) is 5.72. The van der Waals surface area contributed by atoms with Gasteiger partial charge in [-0.2, -0.15) is 4.31 Å². The fourth-order valence-electron chi connectivity index (χ4n) is 2.59. The number of rotatable bonds is 7. The van der Waals surface area contributed by atoms with E-state index in [4.69, 9.17) is 9.84 Å². The van der Waals surface area contributed by atoms with Crippen LogP contribution in [0.3, 0.4) is 0 Å². The molecular formula is C16H22N2O6S. The van der Waals surface area contributed by atoms with Gasteiger partial charge in [0.05, 0.1) is 18.1 Å². The lowest BCUT2D eigenvalue weighted by Crippen LogP contribution is -2.40. The first-order chi connectivity index (χ1) is 11.9. The number of aliphatic carboxylic acids is 1. The Hall–Kier alpha value is -1.97. The zero-order valence-corrected chi connectivity index (χ0v) is 14.9. The molecule has 1 aliphatic rings. The topological polar surface area (TPSA) is 104 Å². The first-order valence-electron chi connectivity index (χ1n) is 8.05. The van der Waals surface area contributed by atoms with E-state index in [1.165, 1.54) is 33.5 Å². The van der Waals surface area contributed by atoms with E-state index in [1.54, 1.807) is 0 Å². The summed E-state index contributed by atoms with van der Waals surface area (Å²) in [7, 11) is -3.71. The number of sulfonamides is 1. The summed E-state index contributed by atoms with van der Waals surface area (Å²) >= 11 is 0. The number of benzene rings is 1. The number of morpholine rings is 1. The van der Waals surface area contributed by atoms with Crippen LogP contribution in [0.2, 0.25) is 0 Å². The second-order valence-corrected chi connectivity index (χ2v) is 7.60. The van der Waals surface area contributed by atoms with Crippen LogP contribution in [0.1, 0.15) is 23.7 Å². The van der Waals surface area contributed by atoms with Crippen molar-refractivity contribution in [2.24, 2.45) is 0 Å². The van der Waals surface area contributed by atoms with Crippen LogP contribution in [-0.2, 0) is 19.6 Å². The average molecular weight is 370 g/mol. The Bertz CT molecular complexity index is 728. The summed E-state index contributed by atoms with van der Waals surface area (Å²) in [5, 5.41) is 8.95. The molecular weight excluding hydrogens is 348 g/mol. The number of carboxylic acids is 1. The molecule has 0 spiro atoms. The van der Waals surface area contributed by atoms with E-state index in [1.807, 2.05) is 6.92 Å². The predicted molar refractivity (Wildman–Crippen MR) is 89.9 cm³/mol. The summed E-state index contributed by atoms with van der Waals surface area (Å²) in [5.74, 6) is -1.61. The summed E-state index contributed by atoms with van der Waals surface area (Å²) in [5.41, 5.74) is 0.157. The van der Waals surface area contributed by atoms with Crippen molar-refractivity contribution in [2.45, 2.75) is 18.2 Å². The van der Waals surface area contributed by atoms with E-state index in [0.717, 1.165) is 0 Å². The van der Waals surface area contributed by atoms with Gasteiger partial charge in [0.15, 0.2) is 0 Å². The standard InChI is InChI=1S/C16H22N2O6S/c1-2-6-17(12-15(19)20)16(21)13-4-3-5-14(11-13)25(22,23)18-7-9-24-10-8-18/h3-5,11H,2,6-10,12H2,1H3,(H,19,20). The van der Waals surface area contributed by atoms with Crippen LogP contribution in [0.5, 0.6) is 0 Å². The van der Waals surface area contributed by atoms with Crippen LogP contribution in [-0.4, -0.2) is 74.0 Å². The molecule has 2 rings (SSSR count). The van der Waals surface area contributed by atoms with E-state index >= 15 is 0 Å². The highest BCUT2D eigenvalue weighted by atomic mass is 32.2. The van der Waals surface area contributed by atoms with Gasteiger partial charge in [0, 0.05) is 25.2 Å². The van der Waals surface area contributed by atoms with Crippen molar-refractivity contribution in [1.29, 1.82) is 0 Å². The van der Waals surface area contributed by atoms with Gasteiger partial charge in [0.1, 0.15) is 6.54 Å². The molecule has 0 bridgehead atoms. The molecule has 138 valence electrons. The largest absolute Gasteiger partial charge is 0.480 e. The molecule has 0 aromatic heterocycles. The highest BCUT2D eigenvalue weighted by molar-refractivity contribution is 7.89. The van der Waals surface area contributed by atoms with Gasteiger partial charge >= 0.3 is 5.97 Å². The lowest BCUT2D eigenvalue weighted by atomic mass is 10.2. The lowest BCUT2D eigenvalue weighted by molar-refractivity contribution is -0.137. The number of hydrogen-bond acceptors (Lipinski definition) is 5. The van der Waals surface area contributed by atoms with Gasteiger partial charge in [-0.25, -0.2) is 8.42 Å². The quantitative estimate of drug-likeness (QED) is 0.755. The minimum atomic E-state index is -3.71. The molecule has 1 saturated heterocycles. The summed E-state index contributed by atoms with van der Waals surface area (Å²) < 4.78 is 31.9. The lowest BCUT2D eigenvalue weighted by Gasteiger charge is -2.26. The Kier molecular flexibility index (Phi) is 6.51. The SMILES string of the molecule is CCCN(CC(=O)O)C(=O)c1cccc(S(=O)(=O)N2CCOCC2)c1. The zero-order chi connectivity index (χ0) is 18.4. The Labute approximate surface area is 147 Å². The van der Waals surface area contributed by atoms with Crippen LogP contribution in [0.15, 0.2) is 29.2 Å². The van der Waals surface area contributed by atoms with Crippen molar-refractivity contribution in [3.8, 4) is 0 Å². The first kappa shape index (κ1) is 19.4. The maximum absolute atomic E-state index is 12.7. The van der Waals surface area contributed by atoms with Gasteiger partial charge in [-0.05, 0) is 24.6 Å². The second kappa shape index (κ2) is 8.41. The molecule has 0 unspecified atom stereocenters. The number of carbonyl (C=O) groups excluding carboxylic acids is 1. The Morgan fingerprint density at radius 1 is 1.28 bits per heavy atom. The second-order valence-electron chi connectivity index (χ2n) is 5.66. The molecule has 1 heterocycles. The molecule has 25 heavy (non-hydrogen) atoms. The number of nitrogens with zero attached hydrogens (tertiary/aromatic N) is 2. The van der Waals surface area contributed by atoms with Gasteiger partial charge in [-0.1, -0.05) is 13.0 Å². The number of amides is 1. The van der Waals surface area contributed by atoms with E-state index < -0.39 is 28.4 Å². The zero-order valence-electron chi connectivity index (χ0n) is 14.1. The number of hydrogen-bond donors (Lipinski definition) is 1. The van der Waals surface area contributed by atoms with E-state index in [0.29, 0.717) is 19.6 Å². The molecule has 0 atom stereocenters. The molecule has 8 nitrogen and oxygen atoms in total. The molecule has 1 fully saturated rings. The first-order valence-corrected chi connectivity index (χ1v) is 9.49. The van der Waals surface area contributed by atoms with Crippen molar-refractivity contribution in [3.63, 3.8) is 0 Å². The Morgan fingerprint density at radius 3 is 2.56 bits per heavy atom. The van der Waals surface area contributed by atoms with Crippen molar-refractivity contribution < 1.29 is 27.9 Å². The highest BCUT2D eigenvalue weighted by Crippen LogP contribution is 2.19.